The normalized spacial score (nSPS) is 25.5. The maximum absolute atomic E-state index is 6.11. The maximum atomic E-state index is 6.11. The lowest BCUT2D eigenvalue weighted by Crippen LogP contribution is -2.48. The zero-order valence-corrected chi connectivity index (χ0v) is 12.0. The molecular formula is C16H24N2O2. The highest BCUT2D eigenvalue weighted by atomic mass is 16.5. The molecular weight excluding hydrogens is 252 g/mol. The summed E-state index contributed by atoms with van der Waals surface area (Å²) in [6.07, 6.45) is 9.37. The molecule has 0 aliphatic carbocycles. The number of nitrogens with zero attached hydrogens (tertiary/aromatic N) is 1. The summed E-state index contributed by atoms with van der Waals surface area (Å²) in [6.45, 7) is 3.91. The molecule has 2 saturated heterocycles. The SMILES string of the molecule is c1cc(OCC[C@@H]2CCOC3(CCNCC3)C2)ccn1. The van der Waals surface area contributed by atoms with Crippen LogP contribution in [-0.4, -0.2) is 36.9 Å². The fraction of sp³-hybridized carbons (Fsp3) is 0.688. The summed E-state index contributed by atoms with van der Waals surface area (Å²) in [5.74, 6) is 1.66. The van der Waals surface area contributed by atoms with Crippen LogP contribution in [0.15, 0.2) is 24.5 Å². The van der Waals surface area contributed by atoms with Crippen molar-refractivity contribution in [3.63, 3.8) is 0 Å². The van der Waals surface area contributed by atoms with Crippen LogP contribution >= 0.6 is 0 Å². The number of piperidine rings is 1. The maximum Gasteiger partial charge on any atom is 0.122 e. The Morgan fingerprint density at radius 2 is 2.10 bits per heavy atom. The predicted molar refractivity (Wildman–Crippen MR) is 77.9 cm³/mol. The standard InChI is InChI=1S/C16H24N2O2/c1-7-17-8-2-15(1)19-11-3-14-4-12-20-16(13-14)5-9-18-10-6-16/h1-2,7-8,14,18H,3-6,9-13H2/t14-/m1/s1. The third-order valence-electron chi connectivity index (χ3n) is 4.55. The minimum absolute atomic E-state index is 0.158. The lowest BCUT2D eigenvalue weighted by molar-refractivity contribution is -0.115. The molecule has 3 heterocycles. The zero-order valence-electron chi connectivity index (χ0n) is 12.0. The third kappa shape index (κ3) is 3.49. The fourth-order valence-electron chi connectivity index (χ4n) is 3.38. The number of aromatic nitrogens is 1. The molecule has 2 aliphatic heterocycles. The minimum atomic E-state index is 0.158. The molecule has 0 amide bonds. The summed E-state index contributed by atoms with van der Waals surface area (Å²) in [6, 6.07) is 3.83. The molecule has 0 bridgehead atoms. The third-order valence-corrected chi connectivity index (χ3v) is 4.55. The second-order valence-corrected chi connectivity index (χ2v) is 5.96. The van der Waals surface area contributed by atoms with E-state index in [1.165, 1.54) is 12.8 Å². The molecule has 1 aromatic rings. The molecule has 2 fully saturated rings. The van der Waals surface area contributed by atoms with Crippen LogP contribution in [0.3, 0.4) is 0 Å². The molecule has 2 aliphatic rings. The minimum Gasteiger partial charge on any atom is -0.493 e. The van der Waals surface area contributed by atoms with Crippen LogP contribution in [0.1, 0.15) is 32.1 Å². The van der Waals surface area contributed by atoms with E-state index in [4.69, 9.17) is 9.47 Å². The van der Waals surface area contributed by atoms with Crippen molar-refractivity contribution >= 4 is 0 Å². The Morgan fingerprint density at radius 3 is 2.90 bits per heavy atom. The Kier molecular flexibility index (Phi) is 4.53. The summed E-state index contributed by atoms with van der Waals surface area (Å²) >= 11 is 0. The van der Waals surface area contributed by atoms with Gasteiger partial charge >= 0.3 is 0 Å². The summed E-state index contributed by atoms with van der Waals surface area (Å²) in [7, 11) is 0. The van der Waals surface area contributed by atoms with Gasteiger partial charge in [-0.1, -0.05) is 0 Å². The topological polar surface area (TPSA) is 43.4 Å². The molecule has 0 radical (unpaired) electrons. The van der Waals surface area contributed by atoms with Crippen LogP contribution in [-0.2, 0) is 4.74 Å². The number of ether oxygens (including phenoxy) is 2. The van der Waals surface area contributed by atoms with Gasteiger partial charge in [-0.15, -0.1) is 0 Å². The van der Waals surface area contributed by atoms with Crippen LogP contribution in [0, 0.1) is 5.92 Å². The fourth-order valence-corrected chi connectivity index (χ4v) is 3.38. The van der Waals surface area contributed by atoms with E-state index >= 15 is 0 Å². The highest BCUT2D eigenvalue weighted by Crippen LogP contribution is 2.37. The summed E-state index contributed by atoms with van der Waals surface area (Å²) in [4.78, 5) is 4.00. The Balaban J connectivity index is 1.45. The molecule has 1 atom stereocenters. The number of hydrogen-bond acceptors (Lipinski definition) is 4. The van der Waals surface area contributed by atoms with Crippen LogP contribution in [0.5, 0.6) is 5.75 Å². The largest absolute Gasteiger partial charge is 0.493 e. The Hall–Kier alpha value is -1.13. The smallest absolute Gasteiger partial charge is 0.122 e. The Bertz CT molecular complexity index is 399. The van der Waals surface area contributed by atoms with Crippen molar-refractivity contribution in [3.8, 4) is 5.75 Å². The molecule has 20 heavy (non-hydrogen) atoms. The van der Waals surface area contributed by atoms with Gasteiger partial charge in [0.25, 0.3) is 0 Å². The highest BCUT2D eigenvalue weighted by molar-refractivity contribution is 5.16. The highest BCUT2D eigenvalue weighted by Gasteiger charge is 2.38. The molecule has 4 heteroatoms. The molecule has 4 nitrogen and oxygen atoms in total. The van der Waals surface area contributed by atoms with Gasteiger partial charge in [0, 0.05) is 19.0 Å². The van der Waals surface area contributed by atoms with Gasteiger partial charge in [0.05, 0.1) is 12.2 Å². The van der Waals surface area contributed by atoms with Crippen molar-refractivity contribution in [3.05, 3.63) is 24.5 Å². The van der Waals surface area contributed by atoms with E-state index in [2.05, 4.69) is 10.3 Å². The first-order valence-electron chi connectivity index (χ1n) is 7.74. The van der Waals surface area contributed by atoms with Crippen molar-refractivity contribution in [1.29, 1.82) is 0 Å². The lowest BCUT2D eigenvalue weighted by Gasteiger charge is -2.43. The van der Waals surface area contributed by atoms with Gasteiger partial charge in [0.1, 0.15) is 5.75 Å². The first-order valence-corrected chi connectivity index (χ1v) is 7.74. The van der Waals surface area contributed by atoms with E-state index in [9.17, 15) is 0 Å². The van der Waals surface area contributed by atoms with E-state index in [1.807, 2.05) is 12.1 Å². The Labute approximate surface area is 120 Å². The monoisotopic (exact) mass is 276 g/mol. The van der Waals surface area contributed by atoms with Crippen LogP contribution in [0.25, 0.3) is 0 Å². The average molecular weight is 276 g/mol. The van der Waals surface area contributed by atoms with E-state index in [0.29, 0.717) is 0 Å². The lowest BCUT2D eigenvalue weighted by atomic mass is 9.79. The quantitative estimate of drug-likeness (QED) is 0.917. The first-order chi connectivity index (χ1) is 9.86. The van der Waals surface area contributed by atoms with Crippen LogP contribution in [0.2, 0.25) is 0 Å². The molecule has 110 valence electrons. The average Bonchev–Trinajstić information content (AvgIpc) is 2.49. The second-order valence-electron chi connectivity index (χ2n) is 5.96. The van der Waals surface area contributed by atoms with Crippen molar-refractivity contribution in [2.75, 3.05) is 26.3 Å². The molecule has 0 aromatic carbocycles. The number of hydrogen-bond donors (Lipinski definition) is 1. The Morgan fingerprint density at radius 1 is 1.30 bits per heavy atom. The van der Waals surface area contributed by atoms with Crippen molar-refractivity contribution in [2.24, 2.45) is 5.92 Å². The van der Waals surface area contributed by atoms with Gasteiger partial charge in [0.2, 0.25) is 0 Å². The number of pyridine rings is 1. The summed E-state index contributed by atoms with van der Waals surface area (Å²) in [5, 5.41) is 3.43. The molecule has 1 spiro atoms. The predicted octanol–water partition coefficient (Wildman–Crippen LogP) is 2.40. The van der Waals surface area contributed by atoms with Crippen LogP contribution in [0.4, 0.5) is 0 Å². The van der Waals surface area contributed by atoms with Gasteiger partial charge < -0.3 is 14.8 Å². The molecule has 1 N–H and O–H groups in total. The number of nitrogens with one attached hydrogen (secondary N) is 1. The van der Waals surface area contributed by atoms with Gasteiger partial charge in [-0.3, -0.25) is 4.98 Å². The van der Waals surface area contributed by atoms with E-state index in [0.717, 1.165) is 57.2 Å². The van der Waals surface area contributed by atoms with Gasteiger partial charge in [-0.25, -0.2) is 0 Å². The second kappa shape index (κ2) is 6.55. The molecule has 1 aromatic heterocycles. The summed E-state index contributed by atoms with van der Waals surface area (Å²) in [5.41, 5.74) is 0.158. The zero-order chi connectivity index (χ0) is 13.7. The van der Waals surface area contributed by atoms with Crippen molar-refractivity contribution < 1.29 is 9.47 Å². The number of rotatable bonds is 4. The van der Waals surface area contributed by atoms with E-state index in [1.54, 1.807) is 12.4 Å². The van der Waals surface area contributed by atoms with E-state index in [-0.39, 0.29) is 5.60 Å². The van der Waals surface area contributed by atoms with Crippen molar-refractivity contribution in [2.45, 2.75) is 37.7 Å². The van der Waals surface area contributed by atoms with Gasteiger partial charge in [-0.05, 0) is 63.2 Å². The first kappa shape index (κ1) is 13.8. The van der Waals surface area contributed by atoms with Crippen LogP contribution < -0.4 is 10.1 Å². The molecule has 3 rings (SSSR count). The van der Waals surface area contributed by atoms with Gasteiger partial charge in [-0.2, -0.15) is 0 Å². The van der Waals surface area contributed by atoms with E-state index < -0.39 is 0 Å². The summed E-state index contributed by atoms with van der Waals surface area (Å²) < 4.78 is 11.9. The molecule has 0 saturated carbocycles. The molecule has 0 unspecified atom stereocenters. The van der Waals surface area contributed by atoms with Gasteiger partial charge in [0.15, 0.2) is 0 Å². The van der Waals surface area contributed by atoms with Crippen molar-refractivity contribution in [1.82, 2.24) is 10.3 Å².